The van der Waals surface area contributed by atoms with E-state index in [0.29, 0.717) is 5.41 Å². The van der Waals surface area contributed by atoms with Gasteiger partial charge in [0.05, 0.1) is 0 Å². The second-order valence-corrected chi connectivity index (χ2v) is 5.66. The molecule has 1 N–H and O–H groups in total. The Kier molecular flexibility index (Phi) is 7.14. The molecule has 0 saturated heterocycles. The Balaban J connectivity index is 2.61. The quantitative estimate of drug-likeness (QED) is 0.687. The highest BCUT2D eigenvalue weighted by Crippen LogP contribution is 2.35. The van der Waals surface area contributed by atoms with Gasteiger partial charge in [0.15, 0.2) is 0 Å². The predicted octanol–water partition coefficient (Wildman–Crippen LogP) is 3.28. The van der Waals surface area contributed by atoms with Crippen molar-refractivity contribution >= 4 is 0 Å². The van der Waals surface area contributed by atoms with E-state index >= 15 is 0 Å². The fourth-order valence-electron chi connectivity index (χ4n) is 3.18. The SMILES string of the molecule is CCNCC1(CN(CC)CC)CCCCCC1. The molecule has 0 aromatic rings. The molecule has 0 radical (unpaired) electrons. The molecule has 1 aliphatic carbocycles. The van der Waals surface area contributed by atoms with E-state index in [-0.39, 0.29) is 0 Å². The topological polar surface area (TPSA) is 15.3 Å². The van der Waals surface area contributed by atoms with Gasteiger partial charge in [-0.15, -0.1) is 0 Å². The highest BCUT2D eigenvalue weighted by molar-refractivity contribution is 4.86. The van der Waals surface area contributed by atoms with Gasteiger partial charge in [-0.2, -0.15) is 0 Å². The van der Waals surface area contributed by atoms with Crippen molar-refractivity contribution in [2.45, 2.75) is 59.3 Å². The predicted molar refractivity (Wildman–Crippen MR) is 76.5 cm³/mol. The van der Waals surface area contributed by atoms with Crippen molar-refractivity contribution in [2.75, 3.05) is 32.7 Å². The highest BCUT2D eigenvalue weighted by Gasteiger charge is 2.31. The van der Waals surface area contributed by atoms with Crippen LogP contribution in [-0.4, -0.2) is 37.6 Å². The molecule has 102 valence electrons. The molecule has 1 rings (SSSR count). The molecule has 0 aromatic heterocycles. The smallest absolute Gasteiger partial charge is 0.00499 e. The van der Waals surface area contributed by atoms with Gasteiger partial charge in [-0.1, -0.05) is 46.5 Å². The van der Waals surface area contributed by atoms with Crippen molar-refractivity contribution in [3.63, 3.8) is 0 Å². The normalized spacial score (nSPS) is 20.5. The summed E-state index contributed by atoms with van der Waals surface area (Å²) in [5, 5.41) is 3.61. The summed E-state index contributed by atoms with van der Waals surface area (Å²) in [5.41, 5.74) is 0.554. The first-order valence-electron chi connectivity index (χ1n) is 7.69. The molecule has 0 unspecified atom stereocenters. The number of nitrogens with zero attached hydrogens (tertiary/aromatic N) is 1. The average molecular weight is 240 g/mol. The van der Waals surface area contributed by atoms with Crippen molar-refractivity contribution in [1.29, 1.82) is 0 Å². The van der Waals surface area contributed by atoms with Gasteiger partial charge in [0.25, 0.3) is 0 Å². The summed E-state index contributed by atoms with van der Waals surface area (Å²) < 4.78 is 0. The summed E-state index contributed by atoms with van der Waals surface area (Å²) in [6, 6.07) is 0. The zero-order chi connectivity index (χ0) is 12.6. The Labute approximate surface area is 108 Å². The van der Waals surface area contributed by atoms with Crippen LogP contribution in [0.4, 0.5) is 0 Å². The van der Waals surface area contributed by atoms with Crippen molar-refractivity contribution < 1.29 is 0 Å². The number of hydrogen-bond donors (Lipinski definition) is 1. The van der Waals surface area contributed by atoms with Crippen LogP contribution in [0, 0.1) is 5.41 Å². The average Bonchev–Trinajstić information content (AvgIpc) is 2.60. The van der Waals surface area contributed by atoms with Gasteiger partial charge in [-0.3, -0.25) is 0 Å². The molecular weight excluding hydrogens is 208 g/mol. The van der Waals surface area contributed by atoms with E-state index in [1.165, 1.54) is 64.7 Å². The van der Waals surface area contributed by atoms with Crippen LogP contribution in [0.15, 0.2) is 0 Å². The van der Waals surface area contributed by atoms with Crippen LogP contribution < -0.4 is 5.32 Å². The third-order valence-electron chi connectivity index (χ3n) is 4.37. The van der Waals surface area contributed by atoms with Gasteiger partial charge < -0.3 is 10.2 Å². The van der Waals surface area contributed by atoms with Gasteiger partial charge >= 0.3 is 0 Å². The van der Waals surface area contributed by atoms with E-state index in [0.717, 1.165) is 6.54 Å². The molecule has 0 aliphatic heterocycles. The molecule has 1 aliphatic rings. The van der Waals surface area contributed by atoms with Crippen LogP contribution in [0.1, 0.15) is 59.3 Å². The first-order chi connectivity index (χ1) is 8.26. The van der Waals surface area contributed by atoms with Crippen molar-refractivity contribution in [1.82, 2.24) is 10.2 Å². The number of nitrogens with one attached hydrogen (secondary N) is 1. The van der Waals surface area contributed by atoms with Gasteiger partial charge in [0.1, 0.15) is 0 Å². The van der Waals surface area contributed by atoms with E-state index in [1.54, 1.807) is 0 Å². The summed E-state index contributed by atoms with van der Waals surface area (Å²) in [4.78, 5) is 2.61. The van der Waals surface area contributed by atoms with Crippen molar-refractivity contribution in [3.8, 4) is 0 Å². The molecular formula is C15H32N2. The maximum Gasteiger partial charge on any atom is 0.00499 e. The van der Waals surface area contributed by atoms with Crippen LogP contribution in [0.5, 0.6) is 0 Å². The fraction of sp³-hybridized carbons (Fsp3) is 1.00. The molecule has 17 heavy (non-hydrogen) atoms. The standard InChI is InChI=1S/C15H32N2/c1-4-16-13-15(14-17(5-2)6-3)11-9-7-8-10-12-15/h16H,4-14H2,1-3H3. The Hall–Kier alpha value is -0.0800. The molecule has 0 bridgehead atoms. The van der Waals surface area contributed by atoms with E-state index < -0.39 is 0 Å². The van der Waals surface area contributed by atoms with Crippen LogP contribution in [-0.2, 0) is 0 Å². The second-order valence-electron chi connectivity index (χ2n) is 5.66. The van der Waals surface area contributed by atoms with E-state index in [9.17, 15) is 0 Å². The monoisotopic (exact) mass is 240 g/mol. The first-order valence-corrected chi connectivity index (χ1v) is 7.69. The molecule has 0 heterocycles. The van der Waals surface area contributed by atoms with Gasteiger partial charge in [-0.05, 0) is 37.9 Å². The lowest BCUT2D eigenvalue weighted by Crippen LogP contribution is -2.44. The minimum Gasteiger partial charge on any atom is -0.316 e. The molecule has 0 amide bonds. The van der Waals surface area contributed by atoms with Crippen molar-refractivity contribution in [3.05, 3.63) is 0 Å². The molecule has 2 heteroatoms. The molecule has 0 atom stereocenters. The largest absolute Gasteiger partial charge is 0.316 e. The summed E-state index contributed by atoms with van der Waals surface area (Å²) in [5.74, 6) is 0. The number of rotatable bonds is 7. The minimum absolute atomic E-state index is 0.554. The molecule has 1 fully saturated rings. The fourth-order valence-corrected chi connectivity index (χ4v) is 3.18. The lowest BCUT2D eigenvalue weighted by molar-refractivity contribution is 0.135. The first kappa shape index (κ1) is 15.0. The van der Waals surface area contributed by atoms with Gasteiger partial charge in [-0.25, -0.2) is 0 Å². The Morgan fingerprint density at radius 2 is 1.53 bits per heavy atom. The zero-order valence-electron chi connectivity index (χ0n) is 12.2. The van der Waals surface area contributed by atoms with E-state index in [1.807, 2.05) is 0 Å². The molecule has 0 spiro atoms. The van der Waals surface area contributed by atoms with Crippen LogP contribution in [0.3, 0.4) is 0 Å². The number of hydrogen-bond acceptors (Lipinski definition) is 2. The lowest BCUT2D eigenvalue weighted by atomic mass is 9.79. The third kappa shape index (κ3) is 4.97. The van der Waals surface area contributed by atoms with E-state index in [4.69, 9.17) is 0 Å². The van der Waals surface area contributed by atoms with Gasteiger partial charge in [0.2, 0.25) is 0 Å². The summed E-state index contributed by atoms with van der Waals surface area (Å²) in [7, 11) is 0. The second kappa shape index (κ2) is 8.10. The third-order valence-corrected chi connectivity index (χ3v) is 4.37. The summed E-state index contributed by atoms with van der Waals surface area (Å²) >= 11 is 0. The molecule has 2 nitrogen and oxygen atoms in total. The maximum absolute atomic E-state index is 3.61. The molecule has 0 aromatic carbocycles. The zero-order valence-corrected chi connectivity index (χ0v) is 12.2. The summed E-state index contributed by atoms with van der Waals surface area (Å²) in [6.07, 6.45) is 8.63. The van der Waals surface area contributed by atoms with Crippen LogP contribution in [0.25, 0.3) is 0 Å². The minimum atomic E-state index is 0.554. The Bertz CT molecular complexity index is 179. The summed E-state index contributed by atoms with van der Waals surface area (Å²) in [6.45, 7) is 12.8. The Morgan fingerprint density at radius 3 is 2.00 bits per heavy atom. The Morgan fingerprint density at radius 1 is 0.941 bits per heavy atom. The molecule has 1 saturated carbocycles. The van der Waals surface area contributed by atoms with Crippen LogP contribution in [0.2, 0.25) is 0 Å². The van der Waals surface area contributed by atoms with Gasteiger partial charge in [0, 0.05) is 13.1 Å². The van der Waals surface area contributed by atoms with Crippen LogP contribution >= 0.6 is 0 Å². The van der Waals surface area contributed by atoms with E-state index in [2.05, 4.69) is 31.0 Å². The lowest BCUT2D eigenvalue weighted by Gasteiger charge is -2.37. The maximum atomic E-state index is 3.61. The van der Waals surface area contributed by atoms with Crippen molar-refractivity contribution in [2.24, 2.45) is 5.41 Å². The highest BCUT2D eigenvalue weighted by atomic mass is 15.1.